The number of halogens is 3. The van der Waals surface area contributed by atoms with Crippen LogP contribution in [0.3, 0.4) is 0 Å². The largest absolute Gasteiger partial charge is 0.412 e. The van der Waals surface area contributed by atoms with E-state index >= 15 is 0 Å². The summed E-state index contributed by atoms with van der Waals surface area (Å²) in [6.07, 6.45) is 1.71. The van der Waals surface area contributed by atoms with Crippen molar-refractivity contribution in [2.45, 2.75) is 13.0 Å². The molecule has 10 heteroatoms. The Hall–Kier alpha value is -2.84. The zero-order valence-electron chi connectivity index (χ0n) is 18.3. The number of carbonyl (C=O) groups excluding carboxylic acids is 1. The highest BCUT2D eigenvalue weighted by Gasteiger charge is 2.23. The van der Waals surface area contributed by atoms with Crippen LogP contribution in [0.4, 0.5) is 11.4 Å². The van der Waals surface area contributed by atoms with E-state index in [0.717, 1.165) is 22.5 Å². The van der Waals surface area contributed by atoms with Crippen LogP contribution < -0.4 is 10.2 Å². The number of hydrogen-bond acceptors (Lipinski definition) is 4. The van der Waals surface area contributed by atoms with Gasteiger partial charge in [0.05, 0.1) is 0 Å². The van der Waals surface area contributed by atoms with Gasteiger partial charge in [-0.3, -0.25) is 9.36 Å². The molecule has 4 aromatic rings. The van der Waals surface area contributed by atoms with Crippen LogP contribution in [-0.2, 0) is 4.79 Å². The number of imidazole rings is 1. The Morgan fingerprint density at radius 3 is 2.27 bits per heavy atom. The minimum absolute atomic E-state index is 0. The van der Waals surface area contributed by atoms with E-state index in [1.165, 1.54) is 0 Å². The van der Waals surface area contributed by atoms with E-state index in [1.807, 2.05) is 91.1 Å². The summed E-state index contributed by atoms with van der Waals surface area (Å²) < 4.78 is 1.86. The summed E-state index contributed by atoms with van der Waals surface area (Å²) in [4.78, 5) is 24.3. The lowest BCUT2D eigenvalue weighted by Gasteiger charge is -2.18. The lowest BCUT2D eigenvalue weighted by Crippen LogP contribution is -2.24. The second-order valence-electron chi connectivity index (χ2n) is 7.26. The van der Waals surface area contributed by atoms with Gasteiger partial charge in [0.25, 0.3) is 0 Å². The molecular weight excluding hydrogens is 485 g/mol. The fraction of sp³-hybridized carbons (Fsp3) is 0.174. The molecule has 1 atom stereocenters. The van der Waals surface area contributed by atoms with E-state index < -0.39 is 6.04 Å². The summed E-state index contributed by atoms with van der Waals surface area (Å²) >= 11 is 6.04. The van der Waals surface area contributed by atoms with Crippen molar-refractivity contribution < 1.29 is 10.3 Å². The number of hydrogen-bond donors (Lipinski definition) is 1. The van der Waals surface area contributed by atoms with Crippen LogP contribution in [0.2, 0.25) is 5.02 Å². The van der Waals surface area contributed by atoms with Gasteiger partial charge < -0.3 is 15.7 Å². The molecule has 3 N–H and O–H groups in total. The maximum Gasteiger partial charge on any atom is 0.247 e. The fourth-order valence-electron chi connectivity index (χ4n) is 3.31. The predicted octanol–water partition coefficient (Wildman–Crippen LogP) is 5.04. The normalized spacial score (nSPS) is 10.9. The van der Waals surface area contributed by atoms with Crippen LogP contribution >= 0.6 is 36.4 Å². The van der Waals surface area contributed by atoms with E-state index in [4.69, 9.17) is 16.6 Å². The molecule has 0 saturated carbocycles. The van der Waals surface area contributed by atoms with Gasteiger partial charge in [-0.25, -0.2) is 9.97 Å². The standard InChI is InChI=1S/C23H22ClN5O.2ClH.H2O/c1-15(23(30)26-18-10-12-19(13-11-18)28(2)3)29-21(16-6-8-17(24)9-7-16)27-20-5-4-14-25-22(20)29;;;/h4-15H,1-3H3,(H,26,30);2*1H;1H2/t15-;;;/m0.../s1. The number of amides is 1. The maximum absolute atomic E-state index is 13.1. The first-order chi connectivity index (χ1) is 14.4. The lowest BCUT2D eigenvalue weighted by molar-refractivity contribution is -0.118. The number of benzene rings is 2. The second-order valence-corrected chi connectivity index (χ2v) is 7.70. The molecule has 0 unspecified atom stereocenters. The molecule has 176 valence electrons. The monoisotopic (exact) mass is 509 g/mol. The number of aromatic nitrogens is 3. The molecule has 0 aliphatic heterocycles. The van der Waals surface area contributed by atoms with Crippen molar-refractivity contribution in [3.63, 3.8) is 0 Å². The second kappa shape index (κ2) is 11.9. The third kappa shape index (κ3) is 5.94. The Labute approximate surface area is 209 Å². The highest BCUT2D eigenvalue weighted by atomic mass is 35.5. The van der Waals surface area contributed by atoms with Gasteiger partial charge in [-0.05, 0) is 67.6 Å². The first kappa shape index (κ1) is 28.2. The summed E-state index contributed by atoms with van der Waals surface area (Å²) in [5.74, 6) is 0.527. The molecule has 0 saturated heterocycles. The summed E-state index contributed by atoms with van der Waals surface area (Å²) in [5.41, 5.74) is 4.07. The van der Waals surface area contributed by atoms with E-state index in [2.05, 4.69) is 10.3 Å². The van der Waals surface area contributed by atoms with Crippen LogP contribution in [0.25, 0.3) is 22.6 Å². The molecule has 4 rings (SSSR count). The maximum atomic E-state index is 13.1. The minimum atomic E-state index is -0.524. The van der Waals surface area contributed by atoms with Gasteiger partial charge in [0, 0.05) is 42.3 Å². The number of fused-ring (bicyclic) bond motifs is 1. The fourth-order valence-corrected chi connectivity index (χ4v) is 3.43. The Morgan fingerprint density at radius 1 is 1.03 bits per heavy atom. The van der Waals surface area contributed by atoms with Crippen molar-refractivity contribution in [1.82, 2.24) is 14.5 Å². The Bertz CT molecular complexity index is 1200. The molecule has 7 nitrogen and oxygen atoms in total. The highest BCUT2D eigenvalue weighted by molar-refractivity contribution is 6.30. The van der Waals surface area contributed by atoms with Crippen LogP contribution in [0.5, 0.6) is 0 Å². The van der Waals surface area contributed by atoms with Crippen LogP contribution in [-0.4, -0.2) is 40.0 Å². The number of nitrogens with one attached hydrogen (secondary N) is 1. The molecule has 33 heavy (non-hydrogen) atoms. The van der Waals surface area contributed by atoms with Gasteiger partial charge >= 0.3 is 0 Å². The third-order valence-electron chi connectivity index (χ3n) is 4.97. The van der Waals surface area contributed by atoms with Crippen molar-refractivity contribution in [2.75, 3.05) is 24.3 Å². The van der Waals surface area contributed by atoms with E-state index in [0.29, 0.717) is 16.5 Å². The van der Waals surface area contributed by atoms with Gasteiger partial charge in [-0.15, -0.1) is 24.8 Å². The molecule has 0 aliphatic rings. The average Bonchev–Trinajstić information content (AvgIpc) is 3.13. The quantitative estimate of drug-likeness (QED) is 0.407. The van der Waals surface area contributed by atoms with Crippen LogP contribution in [0, 0.1) is 0 Å². The molecule has 0 aliphatic carbocycles. The summed E-state index contributed by atoms with van der Waals surface area (Å²) in [5, 5.41) is 3.64. The van der Waals surface area contributed by atoms with Crippen LogP contribution in [0.1, 0.15) is 13.0 Å². The van der Waals surface area contributed by atoms with Gasteiger partial charge in [0.15, 0.2) is 5.65 Å². The number of carbonyl (C=O) groups is 1. The molecule has 0 spiro atoms. The zero-order chi connectivity index (χ0) is 21.3. The minimum Gasteiger partial charge on any atom is -0.412 e. The number of pyridine rings is 1. The number of anilines is 2. The van der Waals surface area contributed by atoms with Gasteiger partial charge in [0.2, 0.25) is 5.91 Å². The topological polar surface area (TPSA) is 94.6 Å². The average molecular weight is 511 g/mol. The Balaban J connectivity index is 0.00000181. The SMILES string of the molecule is C[C@@H](C(=O)Nc1ccc(N(C)C)cc1)n1c(-c2ccc(Cl)cc2)nc2cccnc21.Cl.Cl.O. The van der Waals surface area contributed by atoms with Gasteiger partial charge in [0.1, 0.15) is 17.4 Å². The van der Waals surface area contributed by atoms with Crippen molar-refractivity contribution in [1.29, 1.82) is 0 Å². The summed E-state index contributed by atoms with van der Waals surface area (Å²) in [7, 11) is 3.95. The van der Waals surface area contributed by atoms with Crippen molar-refractivity contribution >= 4 is 64.9 Å². The first-order valence-electron chi connectivity index (χ1n) is 9.61. The zero-order valence-corrected chi connectivity index (χ0v) is 20.7. The lowest BCUT2D eigenvalue weighted by atomic mass is 10.2. The molecule has 0 radical (unpaired) electrons. The Morgan fingerprint density at radius 2 is 1.67 bits per heavy atom. The van der Waals surface area contributed by atoms with Gasteiger partial charge in [-0.2, -0.15) is 0 Å². The molecule has 0 bridgehead atoms. The third-order valence-corrected chi connectivity index (χ3v) is 5.22. The van der Waals surface area contributed by atoms with E-state index in [1.54, 1.807) is 6.20 Å². The molecule has 0 fully saturated rings. The van der Waals surface area contributed by atoms with Crippen LogP contribution in [0.15, 0.2) is 66.9 Å². The smallest absolute Gasteiger partial charge is 0.247 e. The molecule has 2 aromatic carbocycles. The van der Waals surface area contributed by atoms with Crippen molar-refractivity contribution in [3.8, 4) is 11.4 Å². The van der Waals surface area contributed by atoms with Crippen molar-refractivity contribution in [3.05, 3.63) is 71.9 Å². The summed E-state index contributed by atoms with van der Waals surface area (Å²) in [6.45, 7) is 1.85. The molecular formula is C23H26Cl3N5O2. The molecule has 2 heterocycles. The number of nitrogens with zero attached hydrogens (tertiary/aromatic N) is 4. The first-order valence-corrected chi connectivity index (χ1v) is 9.99. The van der Waals surface area contributed by atoms with E-state index in [9.17, 15) is 4.79 Å². The Kier molecular flexibility index (Phi) is 10.1. The highest BCUT2D eigenvalue weighted by Crippen LogP contribution is 2.29. The van der Waals surface area contributed by atoms with Gasteiger partial charge in [-0.1, -0.05) is 11.6 Å². The number of rotatable bonds is 5. The predicted molar refractivity (Wildman–Crippen MR) is 140 cm³/mol. The summed E-state index contributed by atoms with van der Waals surface area (Å²) in [6, 6.07) is 18.3. The molecule has 1 amide bonds. The molecule has 2 aromatic heterocycles. The van der Waals surface area contributed by atoms with E-state index in [-0.39, 0.29) is 36.2 Å². The van der Waals surface area contributed by atoms with Crippen molar-refractivity contribution in [2.24, 2.45) is 0 Å².